The smallest absolute Gasteiger partial charge is 0.390 e. The molecule has 0 saturated carbocycles. The predicted octanol–water partition coefficient (Wildman–Crippen LogP) is -2.31. The number of ether oxygens (including phenoxy) is 1. The fourth-order valence-corrected chi connectivity index (χ4v) is 2.09. The predicted molar refractivity (Wildman–Crippen MR) is 61.6 cm³/mol. The number of nitrogens with one attached hydrogen (secondary N) is 1. The minimum absolute atomic E-state index is 0.0336. The summed E-state index contributed by atoms with van der Waals surface area (Å²) in [5.74, 6) is 0. The molecule has 0 radical (unpaired) electrons. The highest BCUT2D eigenvalue weighted by Crippen LogP contribution is 2.37. The quantitative estimate of drug-likeness (QED) is 0.447. The van der Waals surface area contributed by atoms with E-state index in [0.717, 1.165) is 10.9 Å². The SMILES string of the molecule is O=c1cnn(C2C[C@H](O)[C@@H](COP(=O)(O)O)O2)c(=O)[nH]1. The van der Waals surface area contributed by atoms with Crippen molar-refractivity contribution < 1.29 is 28.7 Å². The number of aliphatic hydroxyl groups is 1. The van der Waals surface area contributed by atoms with E-state index in [1.54, 1.807) is 0 Å². The van der Waals surface area contributed by atoms with Crippen molar-refractivity contribution in [3.63, 3.8) is 0 Å². The maximum Gasteiger partial charge on any atom is 0.469 e. The van der Waals surface area contributed by atoms with E-state index in [0.29, 0.717) is 0 Å². The molecule has 1 aliphatic rings. The molecule has 0 amide bonds. The molecule has 2 rings (SSSR count). The minimum Gasteiger partial charge on any atom is -0.390 e. The Hall–Kier alpha value is -1.36. The fourth-order valence-electron chi connectivity index (χ4n) is 1.75. The van der Waals surface area contributed by atoms with Gasteiger partial charge >= 0.3 is 13.5 Å². The van der Waals surface area contributed by atoms with Gasteiger partial charge in [-0.05, 0) is 0 Å². The second-order valence-electron chi connectivity index (χ2n) is 4.10. The Morgan fingerprint density at radius 2 is 2.25 bits per heavy atom. The van der Waals surface area contributed by atoms with Gasteiger partial charge < -0.3 is 19.6 Å². The summed E-state index contributed by atoms with van der Waals surface area (Å²) >= 11 is 0. The topological polar surface area (TPSA) is 164 Å². The van der Waals surface area contributed by atoms with Gasteiger partial charge in [-0.15, -0.1) is 0 Å². The molecule has 1 aromatic rings. The van der Waals surface area contributed by atoms with Gasteiger partial charge in [-0.25, -0.2) is 9.36 Å². The zero-order valence-electron chi connectivity index (χ0n) is 9.95. The molecule has 0 spiro atoms. The maximum atomic E-state index is 11.5. The first-order chi connectivity index (χ1) is 9.26. The van der Waals surface area contributed by atoms with Crippen molar-refractivity contribution >= 4 is 7.82 Å². The van der Waals surface area contributed by atoms with Crippen LogP contribution in [0.25, 0.3) is 0 Å². The van der Waals surface area contributed by atoms with Gasteiger partial charge in [0.15, 0.2) is 6.23 Å². The lowest BCUT2D eigenvalue weighted by Crippen LogP contribution is -2.34. The second kappa shape index (κ2) is 5.56. The number of aliphatic hydroxyl groups excluding tert-OH is 1. The van der Waals surface area contributed by atoms with Crippen LogP contribution in [0, 0.1) is 0 Å². The molecule has 112 valence electrons. The van der Waals surface area contributed by atoms with Crippen LogP contribution in [0.2, 0.25) is 0 Å². The number of aromatic amines is 1. The third kappa shape index (κ3) is 3.60. The molecular weight excluding hydrogens is 297 g/mol. The van der Waals surface area contributed by atoms with Crippen LogP contribution in [0.5, 0.6) is 0 Å². The van der Waals surface area contributed by atoms with Crippen LogP contribution in [0.4, 0.5) is 0 Å². The van der Waals surface area contributed by atoms with Crippen molar-refractivity contribution in [1.29, 1.82) is 0 Å². The number of nitrogens with zero attached hydrogens (tertiary/aromatic N) is 2. The first kappa shape index (κ1) is 15.0. The molecule has 1 saturated heterocycles. The zero-order valence-corrected chi connectivity index (χ0v) is 10.8. The molecule has 4 N–H and O–H groups in total. The average molecular weight is 309 g/mol. The van der Waals surface area contributed by atoms with Gasteiger partial charge in [0.2, 0.25) is 0 Å². The molecule has 11 nitrogen and oxygen atoms in total. The Morgan fingerprint density at radius 1 is 1.55 bits per heavy atom. The van der Waals surface area contributed by atoms with Crippen LogP contribution < -0.4 is 11.2 Å². The van der Waals surface area contributed by atoms with E-state index in [9.17, 15) is 19.3 Å². The van der Waals surface area contributed by atoms with E-state index in [4.69, 9.17) is 14.5 Å². The number of rotatable bonds is 4. The molecule has 1 aromatic heterocycles. The Balaban J connectivity index is 2.08. The Bertz CT molecular complexity index is 635. The molecular formula is C8H12N3O8P. The number of aromatic nitrogens is 3. The molecule has 1 unspecified atom stereocenters. The lowest BCUT2D eigenvalue weighted by molar-refractivity contribution is -0.0497. The summed E-state index contributed by atoms with van der Waals surface area (Å²) in [6.07, 6.45) is -2.23. The van der Waals surface area contributed by atoms with Crippen molar-refractivity contribution in [3.05, 3.63) is 27.0 Å². The number of phosphoric ester groups is 1. The maximum absolute atomic E-state index is 11.5. The second-order valence-corrected chi connectivity index (χ2v) is 5.34. The summed E-state index contributed by atoms with van der Waals surface area (Å²) < 4.78 is 20.9. The van der Waals surface area contributed by atoms with Gasteiger partial charge in [0.1, 0.15) is 12.3 Å². The third-order valence-electron chi connectivity index (χ3n) is 2.62. The lowest BCUT2D eigenvalue weighted by atomic mass is 10.2. The Labute approximate surface area is 111 Å². The standard InChI is InChI=1S/C8H12N3O8P/c12-4-1-7(11-8(14)10-6(13)2-9-11)19-5(4)3-18-20(15,16)17/h2,4-5,7,12H,1,3H2,(H,10,13,14)(H2,15,16,17)/t4-,5+,7?/m0/s1. The normalized spacial score (nSPS) is 26.9. The largest absolute Gasteiger partial charge is 0.469 e. The number of hydrogen-bond acceptors (Lipinski definition) is 7. The number of hydrogen-bond donors (Lipinski definition) is 4. The summed E-state index contributed by atoms with van der Waals surface area (Å²) in [6.45, 7) is -0.542. The van der Waals surface area contributed by atoms with E-state index < -0.39 is 44.1 Å². The summed E-state index contributed by atoms with van der Waals surface area (Å²) in [4.78, 5) is 41.5. The monoisotopic (exact) mass is 309 g/mol. The van der Waals surface area contributed by atoms with Crippen molar-refractivity contribution in [3.8, 4) is 0 Å². The molecule has 1 fully saturated rings. The molecule has 0 aromatic carbocycles. The van der Waals surface area contributed by atoms with Crippen LogP contribution in [0.1, 0.15) is 12.6 Å². The highest BCUT2D eigenvalue weighted by atomic mass is 31.2. The van der Waals surface area contributed by atoms with Gasteiger partial charge in [0, 0.05) is 6.42 Å². The summed E-state index contributed by atoms with van der Waals surface area (Å²) in [5.41, 5.74) is -1.49. The highest BCUT2D eigenvalue weighted by molar-refractivity contribution is 7.46. The van der Waals surface area contributed by atoms with Crippen LogP contribution in [-0.4, -0.2) is 48.5 Å². The minimum atomic E-state index is -4.68. The van der Waals surface area contributed by atoms with Gasteiger partial charge in [0.25, 0.3) is 5.56 Å². The van der Waals surface area contributed by atoms with Crippen molar-refractivity contribution in [2.45, 2.75) is 24.9 Å². The first-order valence-corrected chi connectivity index (χ1v) is 7.01. The van der Waals surface area contributed by atoms with Gasteiger partial charge in [0.05, 0.1) is 12.7 Å². The first-order valence-electron chi connectivity index (χ1n) is 5.48. The summed E-state index contributed by atoms with van der Waals surface area (Å²) in [7, 11) is -4.68. The Kier molecular flexibility index (Phi) is 4.18. The molecule has 2 heterocycles. The summed E-state index contributed by atoms with van der Waals surface area (Å²) in [6, 6.07) is 0. The average Bonchev–Trinajstić information content (AvgIpc) is 2.67. The zero-order chi connectivity index (χ0) is 14.9. The van der Waals surface area contributed by atoms with E-state index in [-0.39, 0.29) is 6.42 Å². The molecule has 12 heteroatoms. The number of H-pyrrole nitrogens is 1. The van der Waals surface area contributed by atoms with E-state index in [2.05, 4.69) is 9.62 Å². The molecule has 3 atom stereocenters. The molecule has 1 aliphatic heterocycles. The van der Waals surface area contributed by atoms with Crippen LogP contribution in [-0.2, 0) is 13.8 Å². The van der Waals surface area contributed by atoms with Gasteiger partial charge in [-0.2, -0.15) is 9.78 Å². The fraction of sp³-hybridized carbons (Fsp3) is 0.625. The van der Waals surface area contributed by atoms with Crippen LogP contribution >= 0.6 is 7.82 Å². The molecule has 0 aliphatic carbocycles. The van der Waals surface area contributed by atoms with E-state index >= 15 is 0 Å². The summed E-state index contributed by atoms with van der Waals surface area (Å²) in [5, 5.41) is 13.3. The third-order valence-corrected chi connectivity index (χ3v) is 3.11. The lowest BCUT2D eigenvalue weighted by Gasteiger charge is -2.15. The van der Waals surface area contributed by atoms with Crippen molar-refractivity contribution in [1.82, 2.24) is 14.8 Å². The molecule has 0 bridgehead atoms. The van der Waals surface area contributed by atoms with Crippen molar-refractivity contribution in [2.24, 2.45) is 0 Å². The highest BCUT2D eigenvalue weighted by Gasteiger charge is 2.37. The Morgan fingerprint density at radius 3 is 2.85 bits per heavy atom. The van der Waals surface area contributed by atoms with Crippen LogP contribution in [0.3, 0.4) is 0 Å². The van der Waals surface area contributed by atoms with Crippen LogP contribution in [0.15, 0.2) is 15.8 Å². The van der Waals surface area contributed by atoms with Gasteiger partial charge in [-0.3, -0.25) is 14.3 Å². The number of phosphoric acid groups is 1. The van der Waals surface area contributed by atoms with E-state index in [1.807, 2.05) is 4.98 Å². The van der Waals surface area contributed by atoms with Gasteiger partial charge in [-0.1, -0.05) is 0 Å². The molecule has 20 heavy (non-hydrogen) atoms. The van der Waals surface area contributed by atoms with E-state index in [1.165, 1.54) is 0 Å². The van der Waals surface area contributed by atoms with Crippen molar-refractivity contribution in [2.75, 3.05) is 6.61 Å².